The number of rotatable bonds is 5. The molecule has 5 amide bonds. The minimum atomic E-state index is -4.31. The van der Waals surface area contributed by atoms with Crippen LogP contribution in [0, 0.1) is 5.92 Å². The van der Waals surface area contributed by atoms with Crippen LogP contribution in [0.1, 0.15) is 76.8 Å². The van der Waals surface area contributed by atoms with E-state index in [2.05, 4.69) is 15.4 Å². The average Bonchev–Trinajstić information content (AvgIpc) is 3.44. The van der Waals surface area contributed by atoms with E-state index in [9.17, 15) is 32.4 Å². The Labute approximate surface area is 317 Å². The standard InChI is InChI=1S/C36H44ClN5O9S2/c1-35(2,3)51-33(46)38-26-14-8-6-4-5-7-13-24-18-36(24,32(45)40-53(48,49)29-16-15-28(37)52-29)39-30(43)27-17-25(21-42(27)31(26)44)50-34(47)41-19-22-11-9-10-12-23(22)20-41/h7,9-13,15-16,24-27H,4-6,8,14,17-21H2,1-3H3,(H,38,46)(H,39,43)(H,40,45)/t24-,25-,26-,27+,36-/m1/s1. The number of alkyl carbamates (subject to hydrolysis) is 1. The number of nitrogens with one attached hydrogen (secondary N) is 3. The van der Waals surface area contributed by atoms with Gasteiger partial charge in [0.25, 0.3) is 15.9 Å². The van der Waals surface area contributed by atoms with Crippen LogP contribution in [-0.4, -0.2) is 84.0 Å². The zero-order valence-electron chi connectivity index (χ0n) is 29.8. The van der Waals surface area contributed by atoms with Gasteiger partial charge < -0.3 is 25.0 Å². The molecule has 1 saturated carbocycles. The molecule has 1 saturated heterocycles. The van der Waals surface area contributed by atoms with E-state index < -0.39 is 75.2 Å². The van der Waals surface area contributed by atoms with Crippen molar-refractivity contribution in [3.8, 4) is 0 Å². The molecular weight excluding hydrogens is 746 g/mol. The molecule has 5 atom stereocenters. The van der Waals surface area contributed by atoms with Crippen LogP contribution in [-0.2, 0) is 47.0 Å². The largest absolute Gasteiger partial charge is 0.444 e. The minimum absolute atomic E-state index is 0.0898. The van der Waals surface area contributed by atoms with Crippen molar-refractivity contribution in [2.75, 3.05) is 6.54 Å². The van der Waals surface area contributed by atoms with E-state index >= 15 is 0 Å². The lowest BCUT2D eigenvalue weighted by atomic mass is 10.0. The normalized spacial score (nSPS) is 26.3. The zero-order chi connectivity index (χ0) is 38.1. The van der Waals surface area contributed by atoms with Crippen LogP contribution in [0.25, 0.3) is 0 Å². The first-order valence-electron chi connectivity index (χ1n) is 17.7. The lowest BCUT2D eigenvalue weighted by Gasteiger charge is -2.30. The Bertz CT molecular complexity index is 1890. The van der Waals surface area contributed by atoms with Gasteiger partial charge in [0.15, 0.2) is 0 Å². The summed E-state index contributed by atoms with van der Waals surface area (Å²) in [4.78, 5) is 71.5. The number of nitrogens with zero attached hydrogens (tertiary/aromatic N) is 2. The quantitative estimate of drug-likeness (QED) is 0.365. The Morgan fingerprint density at radius 2 is 1.75 bits per heavy atom. The van der Waals surface area contributed by atoms with Gasteiger partial charge in [0.05, 0.1) is 10.9 Å². The molecule has 4 heterocycles. The van der Waals surface area contributed by atoms with Crippen LogP contribution in [0.15, 0.2) is 52.8 Å². The van der Waals surface area contributed by atoms with Gasteiger partial charge in [-0.15, -0.1) is 11.3 Å². The first kappa shape index (κ1) is 38.6. The van der Waals surface area contributed by atoms with Crippen molar-refractivity contribution in [1.82, 2.24) is 25.2 Å². The number of amides is 5. The average molecular weight is 790 g/mol. The van der Waals surface area contributed by atoms with Gasteiger partial charge in [-0.2, -0.15) is 0 Å². The van der Waals surface area contributed by atoms with Crippen molar-refractivity contribution < 1.29 is 41.9 Å². The maximum atomic E-state index is 14.3. The fourth-order valence-corrected chi connectivity index (χ4v) is 9.52. The molecule has 17 heteroatoms. The maximum Gasteiger partial charge on any atom is 0.410 e. The SMILES string of the molecule is CC(C)(C)OC(=O)N[C@@H]1CCCCCC=C[C@@H]2C[C@@]2(C(=O)NS(=O)(=O)c2ccc(Cl)s2)NC(=O)[C@@H]2C[C@@H](OC(=O)N3Cc4ccccc4C3)CN2C1=O. The molecule has 2 fully saturated rings. The van der Waals surface area contributed by atoms with E-state index in [-0.39, 0.29) is 34.4 Å². The third-order valence-electron chi connectivity index (χ3n) is 9.74. The van der Waals surface area contributed by atoms with Gasteiger partial charge in [0.2, 0.25) is 11.8 Å². The molecule has 6 rings (SSSR count). The Balaban J connectivity index is 1.26. The summed E-state index contributed by atoms with van der Waals surface area (Å²) in [6.45, 7) is 5.66. The Kier molecular flexibility index (Phi) is 11.1. The van der Waals surface area contributed by atoms with E-state index in [1.165, 1.54) is 21.9 Å². The molecule has 1 aromatic heterocycles. The summed E-state index contributed by atoms with van der Waals surface area (Å²) in [7, 11) is -4.31. The lowest BCUT2D eigenvalue weighted by Crippen LogP contribution is -2.58. The summed E-state index contributed by atoms with van der Waals surface area (Å²) in [5.41, 5.74) is -0.464. The van der Waals surface area contributed by atoms with Crippen LogP contribution in [0.2, 0.25) is 4.34 Å². The fourth-order valence-electron chi connectivity index (χ4n) is 7.00. The second-order valence-corrected chi connectivity index (χ2v) is 18.5. The van der Waals surface area contributed by atoms with Crippen molar-refractivity contribution >= 4 is 62.9 Å². The summed E-state index contributed by atoms with van der Waals surface area (Å²) >= 11 is 6.74. The summed E-state index contributed by atoms with van der Waals surface area (Å²) in [5, 5.41) is 5.48. The van der Waals surface area contributed by atoms with Crippen LogP contribution in [0.3, 0.4) is 0 Å². The molecular formula is C36H44ClN5O9S2. The highest BCUT2D eigenvalue weighted by molar-refractivity contribution is 7.92. The molecule has 53 heavy (non-hydrogen) atoms. The van der Waals surface area contributed by atoms with E-state index in [4.69, 9.17) is 21.1 Å². The van der Waals surface area contributed by atoms with E-state index in [1.807, 2.05) is 30.3 Å². The first-order valence-corrected chi connectivity index (χ1v) is 20.4. The number of hydrogen-bond acceptors (Lipinski definition) is 10. The van der Waals surface area contributed by atoms with Gasteiger partial charge in [-0.1, -0.05) is 60.9 Å². The Hall–Kier alpha value is -4.15. The van der Waals surface area contributed by atoms with Gasteiger partial charge in [-0.3, -0.25) is 19.3 Å². The van der Waals surface area contributed by atoms with Crippen molar-refractivity contribution in [3.63, 3.8) is 0 Å². The van der Waals surface area contributed by atoms with Crippen molar-refractivity contribution in [3.05, 3.63) is 64.0 Å². The molecule has 286 valence electrons. The highest BCUT2D eigenvalue weighted by Crippen LogP contribution is 2.46. The highest BCUT2D eigenvalue weighted by atomic mass is 35.5. The molecule has 14 nitrogen and oxygen atoms in total. The molecule has 1 aromatic carbocycles. The minimum Gasteiger partial charge on any atom is -0.444 e. The van der Waals surface area contributed by atoms with Gasteiger partial charge in [-0.05, 0) is 69.7 Å². The molecule has 3 N–H and O–H groups in total. The summed E-state index contributed by atoms with van der Waals surface area (Å²) in [6, 6.07) is 8.06. The van der Waals surface area contributed by atoms with E-state index in [0.29, 0.717) is 25.9 Å². The number of carbonyl (C=O) groups is 5. The smallest absolute Gasteiger partial charge is 0.410 e. The monoisotopic (exact) mass is 789 g/mol. The van der Waals surface area contributed by atoms with Crippen LogP contribution >= 0.6 is 22.9 Å². The molecule has 0 spiro atoms. The van der Waals surface area contributed by atoms with Crippen LogP contribution < -0.4 is 15.4 Å². The summed E-state index contributed by atoms with van der Waals surface area (Å²) in [5.74, 6) is -2.74. The third kappa shape index (κ3) is 8.98. The molecule has 0 radical (unpaired) electrons. The second kappa shape index (κ2) is 15.3. The van der Waals surface area contributed by atoms with Gasteiger partial charge in [0.1, 0.15) is 33.5 Å². The molecule has 0 unspecified atom stereocenters. The number of sulfonamides is 1. The van der Waals surface area contributed by atoms with Crippen molar-refractivity contribution in [2.45, 2.75) is 112 Å². The van der Waals surface area contributed by atoms with Gasteiger partial charge in [-0.25, -0.2) is 22.7 Å². The molecule has 1 aliphatic carbocycles. The zero-order valence-corrected chi connectivity index (χ0v) is 32.2. The fraction of sp³-hybridized carbons (Fsp3) is 0.528. The number of thiophene rings is 1. The van der Waals surface area contributed by atoms with Crippen LogP contribution in [0.4, 0.5) is 9.59 Å². The van der Waals surface area contributed by atoms with Crippen LogP contribution in [0.5, 0.6) is 0 Å². The van der Waals surface area contributed by atoms with Gasteiger partial charge >= 0.3 is 12.2 Å². The lowest BCUT2D eigenvalue weighted by molar-refractivity contribution is -0.141. The molecule has 4 aliphatic rings. The number of carbonyl (C=O) groups excluding carboxylic acids is 5. The number of hydrogen-bond donors (Lipinski definition) is 3. The van der Waals surface area contributed by atoms with Gasteiger partial charge in [0, 0.05) is 25.4 Å². The Morgan fingerprint density at radius 1 is 1.04 bits per heavy atom. The Morgan fingerprint density at radius 3 is 2.42 bits per heavy atom. The second-order valence-electron chi connectivity index (χ2n) is 14.9. The maximum absolute atomic E-state index is 14.3. The summed E-state index contributed by atoms with van der Waals surface area (Å²) < 4.78 is 39.8. The number of allylic oxidation sites excluding steroid dienone is 1. The van der Waals surface area contributed by atoms with E-state index in [0.717, 1.165) is 35.3 Å². The molecule has 0 bridgehead atoms. The number of ether oxygens (including phenoxy) is 2. The summed E-state index contributed by atoms with van der Waals surface area (Å²) in [6.07, 6.45) is 4.42. The van der Waals surface area contributed by atoms with Crippen molar-refractivity contribution in [1.29, 1.82) is 0 Å². The molecule has 2 aromatic rings. The van der Waals surface area contributed by atoms with Crippen molar-refractivity contribution in [2.24, 2.45) is 5.92 Å². The van der Waals surface area contributed by atoms with E-state index in [1.54, 1.807) is 26.8 Å². The predicted octanol–water partition coefficient (Wildman–Crippen LogP) is 4.62. The topological polar surface area (TPSA) is 181 Å². The third-order valence-corrected chi connectivity index (χ3v) is 12.8. The number of halogens is 1. The number of benzene rings is 1. The number of fused-ring (bicyclic) bond motifs is 3. The predicted molar refractivity (Wildman–Crippen MR) is 195 cm³/mol. The first-order chi connectivity index (χ1) is 25.0. The highest BCUT2D eigenvalue weighted by Gasteiger charge is 2.62. The molecule has 3 aliphatic heterocycles.